The van der Waals surface area contributed by atoms with Crippen LogP contribution in [0.3, 0.4) is 0 Å². The van der Waals surface area contributed by atoms with E-state index in [0.717, 1.165) is 12.8 Å². The molecule has 1 aliphatic rings. The van der Waals surface area contributed by atoms with Crippen molar-refractivity contribution in [3.8, 4) is 0 Å². The van der Waals surface area contributed by atoms with Gasteiger partial charge in [0.15, 0.2) is 18.0 Å². The van der Waals surface area contributed by atoms with Gasteiger partial charge in [-0.1, -0.05) is 58.3 Å². The van der Waals surface area contributed by atoms with Gasteiger partial charge in [-0.05, 0) is 6.42 Å². The van der Waals surface area contributed by atoms with Crippen LogP contribution in [0.5, 0.6) is 0 Å². The second-order valence-corrected chi connectivity index (χ2v) is 6.25. The molecule has 21 heavy (non-hydrogen) atoms. The van der Waals surface area contributed by atoms with Crippen LogP contribution in [0, 0.1) is 0 Å². The van der Waals surface area contributed by atoms with Gasteiger partial charge in [0.1, 0.15) is 0 Å². The maximum atomic E-state index is 11.9. The van der Waals surface area contributed by atoms with Crippen molar-refractivity contribution in [1.29, 1.82) is 0 Å². The molecule has 0 aromatic heterocycles. The fraction of sp³-hybridized carbons (Fsp3) is 0.882. The van der Waals surface area contributed by atoms with Gasteiger partial charge in [0, 0.05) is 20.5 Å². The summed E-state index contributed by atoms with van der Waals surface area (Å²) in [5.74, 6) is -0.00132. The maximum absolute atomic E-state index is 11.9. The Morgan fingerprint density at radius 3 is 1.90 bits per heavy atom. The number of Topliss-reactive ketones (excluding diaryl/α,β-unsaturated/α-hetero) is 1. The number of ketones is 1. The largest absolute Gasteiger partial charge is 0.351 e. The zero-order chi connectivity index (χ0) is 15.7. The van der Waals surface area contributed by atoms with Crippen molar-refractivity contribution in [2.24, 2.45) is 0 Å². The molecule has 1 rings (SSSR count). The minimum absolute atomic E-state index is 0.0955. The molecule has 4 heteroatoms. The smallest absolute Gasteiger partial charge is 0.254 e. The molecular formula is C17H31NO3. The van der Waals surface area contributed by atoms with E-state index in [0.29, 0.717) is 6.42 Å². The van der Waals surface area contributed by atoms with Crippen molar-refractivity contribution in [2.75, 3.05) is 14.1 Å². The molecule has 0 radical (unpaired) electrons. The molecule has 0 aliphatic carbocycles. The highest BCUT2D eigenvalue weighted by atomic mass is 16.6. The van der Waals surface area contributed by atoms with Gasteiger partial charge in [-0.3, -0.25) is 9.59 Å². The molecule has 1 fully saturated rings. The lowest BCUT2D eigenvalue weighted by atomic mass is 10.0. The minimum Gasteiger partial charge on any atom is -0.351 e. The van der Waals surface area contributed by atoms with Crippen LogP contribution in [0.4, 0.5) is 0 Å². The minimum atomic E-state index is -0.508. The van der Waals surface area contributed by atoms with E-state index in [4.69, 9.17) is 4.74 Å². The Morgan fingerprint density at radius 2 is 1.38 bits per heavy atom. The van der Waals surface area contributed by atoms with E-state index in [9.17, 15) is 9.59 Å². The summed E-state index contributed by atoms with van der Waals surface area (Å²) in [6.45, 7) is 2.23. The lowest BCUT2D eigenvalue weighted by molar-refractivity contribution is -0.130. The van der Waals surface area contributed by atoms with Crippen LogP contribution in [-0.4, -0.2) is 42.9 Å². The van der Waals surface area contributed by atoms with Crippen LogP contribution >= 0.6 is 0 Å². The molecule has 1 saturated heterocycles. The zero-order valence-electron chi connectivity index (χ0n) is 13.9. The van der Waals surface area contributed by atoms with Crippen LogP contribution in [0.2, 0.25) is 0 Å². The summed E-state index contributed by atoms with van der Waals surface area (Å²) in [7, 11) is 3.37. The summed E-state index contributed by atoms with van der Waals surface area (Å²) in [6, 6.07) is 0. The highest BCUT2D eigenvalue weighted by molar-refractivity contribution is 5.95. The zero-order valence-corrected chi connectivity index (χ0v) is 13.9. The van der Waals surface area contributed by atoms with E-state index < -0.39 is 12.2 Å². The third-order valence-electron chi connectivity index (χ3n) is 4.02. The van der Waals surface area contributed by atoms with Gasteiger partial charge >= 0.3 is 0 Å². The van der Waals surface area contributed by atoms with Gasteiger partial charge < -0.3 is 9.64 Å². The Balaban J connectivity index is 1.94. The predicted octanol–water partition coefficient (Wildman–Crippen LogP) is 3.33. The first-order valence-corrected chi connectivity index (χ1v) is 8.47. The van der Waals surface area contributed by atoms with Gasteiger partial charge in [-0.25, -0.2) is 0 Å². The summed E-state index contributed by atoms with van der Waals surface area (Å²) in [5.41, 5.74) is 0. The molecule has 0 spiro atoms. The molecular weight excluding hydrogens is 266 g/mol. The number of carbonyl (C=O) groups is 2. The molecule has 1 amide bonds. The second kappa shape index (κ2) is 9.93. The van der Waals surface area contributed by atoms with Crippen molar-refractivity contribution in [1.82, 2.24) is 4.90 Å². The van der Waals surface area contributed by atoms with Gasteiger partial charge in [-0.2, -0.15) is 0 Å². The average molecular weight is 297 g/mol. The Kier molecular flexibility index (Phi) is 8.58. The Morgan fingerprint density at radius 1 is 0.857 bits per heavy atom. The predicted molar refractivity (Wildman–Crippen MR) is 84.2 cm³/mol. The highest BCUT2D eigenvalue weighted by Gasteiger charge is 2.49. The summed E-state index contributed by atoms with van der Waals surface area (Å²) in [6.07, 6.45) is 10.8. The SMILES string of the molecule is CCCCCCCCCCCC(=O)[C@H]1O[C@H]1C(=O)N(C)C. The van der Waals surface area contributed by atoms with Crippen molar-refractivity contribution in [3.63, 3.8) is 0 Å². The molecule has 0 N–H and O–H groups in total. The van der Waals surface area contributed by atoms with Crippen LogP contribution in [-0.2, 0) is 14.3 Å². The first-order chi connectivity index (χ1) is 10.1. The standard InChI is InChI=1S/C17H31NO3/c1-4-5-6-7-8-9-10-11-12-13-14(19)15-16(21-15)17(20)18(2)3/h15-16H,4-13H2,1-3H3/t15-,16-/m1/s1. The van der Waals surface area contributed by atoms with E-state index in [1.54, 1.807) is 14.1 Å². The number of epoxide rings is 1. The fourth-order valence-corrected chi connectivity index (χ4v) is 2.55. The van der Waals surface area contributed by atoms with Crippen molar-refractivity contribution >= 4 is 11.7 Å². The first kappa shape index (κ1) is 18.1. The van der Waals surface area contributed by atoms with Crippen LogP contribution < -0.4 is 0 Å². The second-order valence-electron chi connectivity index (χ2n) is 6.25. The van der Waals surface area contributed by atoms with Gasteiger partial charge in [-0.15, -0.1) is 0 Å². The third kappa shape index (κ3) is 7.07. The lowest BCUT2D eigenvalue weighted by Crippen LogP contribution is -2.29. The number of amides is 1. The summed E-state index contributed by atoms with van der Waals surface area (Å²) < 4.78 is 5.19. The molecule has 1 heterocycles. The van der Waals surface area contributed by atoms with Crippen LogP contribution in [0.25, 0.3) is 0 Å². The van der Waals surface area contributed by atoms with Crippen LogP contribution in [0.1, 0.15) is 71.1 Å². The quantitative estimate of drug-likeness (QED) is 0.410. The van der Waals surface area contributed by atoms with Crippen LogP contribution in [0.15, 0.2) is 0 Å². The molecule has 4 nitrogen and oxygen atoms in total. The van der Waals surface area contributed by atoms with Gasteiger partial charge in [0.25, 0.3) is 5.91 Å². The molecule has 122 valence electrons. The monoisotopic (exact) mass is 297 g/mol. The Hall–Kier alpha value is -0.900. The van der Waals surface area contributed by atoms with E-state index in [-0.39, 0.29) is 11.7 Å². The number of ether oxygens (including phenoxy) is 1. The maximum Gasteiger partial charge on any atom is 0.254 e. The highest BCUT2D eigenvalue weighted by Crippen LogP contribution is 2.26. The Bertz CT molecular complexity index is 328. The van der Waals surface area contributed by atoms with Gasteiger partial charge in [0.05, 0.1) is 0 Å². The fourth-order valence-electron chi connectivity index (χ4n) is 2.55. The molecule has 0 aromatic rings. The van der Waals surface area contributed by atoms with E-state index in [2.05, 4.69) is 6.92 Å². The number of nitrogens with zero attached hydrogens (tertiary/aromatic N) is 1. The molecule has 0 unspecified atom stereocenters. The number of unbranched alkanes of at least 4 members (excludes halogenated alkanes) is 8. The summed E-state index contributed by atoms with van der Waals surface area (Å²) in [5, 5.41) is 0. The molecule has 2 atom stereocenters. The number of hydrogen-bond acceptors (Lipinski definition) is 3. The van der Waals surface area contributed by atoms with E-state index in [1.165, 1.54) is 49.8 Å². The van der Waals surface area contributed by atoms with E-state index in [1.807, 2.05) is 0 Å². The normalized spacial score (nSPS) is 20.3. The number of hydrogen-bond donors (Lipinski definition) is 0. The Labute approximate surface area is 129 Å². The molecule has 1 aliphatic heterocycles. The van der Waals surface area contributed by atoms with Crippen molar-refractivity contribution < 1.29 is 14.3 Å². The van der Waals surface area contributed by atoms with Crippen molar-refractivity contribution in [2.45, 2.75) is 83.3 Å². The molecule has 0 saturated carbocycles. The van der Waals surface area contributed by atoms with E-state index >= 15 is 0 Å². The average Bonchev–Trinajstić information content (AvgIpc) is 3.24. The summed E-state index contributed by atoms with van der Waals surface area (Å²) in [4.78, 5) is 24.9. The lowest BCUT2D eigenvalue weighted by Gasteiger charge is -2.06. The number of carbonyl (C=O) groups excluding carboxylic acids is 2. The molecule has 0 bridgehead atoms. The molecule has 0 aromatic carbocycles. The third-order valence-corrected chi connectivity index (χ3v) is 4.02. The number of rotatable bonds is 12. The van der Waals surface area contributed by atoms with Gasteiger partial charge in [0.2, 0.25) is 0 Å². The summed E-state index contributed by atoms with van der Waals surface area (Å²) >= 11 is 0. The first-order valence-electron chi connectivity index (χ1n) is 8.47. The van der Waals surface area contributed by atoms with Crippen molar-refractivity contribution in [3.05, 3.63) is 0 Å². The topological polar surface area (TPSA) is 49.9 Å². The number of likely N-dealkylation sites (N-methyl/N-ethyl adjacent to an activating group) is 1.